The molecule has 0 saturated carbocycles. The Kier molecular flexibility index (Phi) is 2.98. The van der Waals surface area contributed by atoms with Crippen LogP contribution in [-0.4, -0.2) is 25.2 Å². The van der Waals surface area contributed by atoms with Crippen molar-refractivity contribution < 1.29 is 8.78 Å². The van der Waals surface area contributed by atoms with Crippen molar-refractivity contribution in [3.63, 3.8) is 0 Å². The predicted octanol–water partition coefficient (Wildman–Crippen LogP) is 2.68. The number of nitrogens with zero attached hydrogens (tertiary/aromatic N) is 1. The quantitative estimate of drug-likeness (QED) is 0.870. The molecule has 0 aromatic heterocycles. The molecule has 3 rings (SSSR count). The molecule has 1 aromatic rings. The van der Waals surface area contributed by atoms with Crippen LogP contribution in [0.25, 0.3) is 0 Å². The largest absolute Gasteiger partial charge is 0.363 e. The van der Waals surface area contributed by atoms with Crippen molar-refractivity contribution in [3.8, 4) is 0 Å². The highest BCUT2D eigenvalue weighted by molar-refractivity contribution is 5.52. The molecule has 2 aliphatic heterocycles. The fourth-order valence-electron chi connectivity index (χ4n) is 3.50. The van der Waals surface area contributed by atoms with Crippen LogP contribution in [0, 0.1) is 11.6 Å². The molecular weight excluding hydrogens is 234 g/mol. The van der Waals surface area contributed by atoms with Gasteiger partial charge in [0.25, 0.3) is 0 Å². The SMILES string of the molecule is CNC1CC2CCC(C1)N2c1cccc(F)c1F. The lowest BCUT2D eigenvalue weighted by atomic mass is 9.96. The topological polar surface area (TPSA) is 15.3 Å². The van der Waals surface area contributed by atoms with E-state index in [0.29, 0.717) is 23.8 Å². The van der Waals surface area contributed by atoms with Gasteiger partial charge in [0.1, 0.15) is 0 Å². The fourth-order valence-corrected chi connectivity index (χ4v) is 3.50. The smallest absolute Gasteiger partial charge is 0.182 e. The molecular formula is C14H18F2N2. The maximum atomic E-state index is 13.9. The van der Waals surface area contributed by atoms with Crippen LogP contribution in [-0.2, 0) is 0 Å². The van der Waals surface area contributed by atoms with Crippen molar-refractivity contribution >= 4 is 5.69 Å². The molecule has 2 nitrogen and oxygen atoms in total. The van der Waals surface area contributed by atoms with E-state index in [2.05, 4.69) is 10.2 Å². The lowest BCUT2D eigenvalue weighted by Crippen LogP contribution is -2.48. The molecule has 0 amide bonds. The minimum absolute atomic E-state index is 0.345. The molecule has 18 heavy (non-hydrogen) atoms. The van der Waals surface area contributed by atoms with Crippen molar-refractivity contribution in [2.75, 3.05) is 11.9 Å². The lowest BCUT2D eigenvalue weighted by Gasteiger charge is -2.40. The summed E-state index contributed by atoms with van der Waals surface area (Å²) in [6.07, 6.45) is 4.20. The van der Waals surface area contributed by atoms with Crippen LogP contribution in [0.5, 0.6) is 0 Å². The second kappa shape index (κ2) is 4.50. The maximum Gasteiger partial charge on any atom is 0.182 e. The van der Waals surface area contributed by atoms with Gasteiger partial charge in [-0.3, -0.25) is 0 Å². The number of rotatable bonds is 2. The molecule has 2 aliphatic rings. The van der Waals surface area contributed by atoms with Crippen LogP contribution < -0.4 is 10.2 Å². The van der Waals surface area contributed by atoms with E-state index in [-0.39, 0.29) is 0 Å². The minimum atomic E-state index is -0.748. The van der Waals surface area contributed by atoms with E-state index in [1.165, 1.54) is 6.07 Å². The van der Waals surface area contributed by atoms with E-state index in [4.69, 9.17) is 0 Å². The van der Waals surface area contributed by atoms with Gasteiger partial charge in [0, 0.05) is 18.1 Å². The number of piperidine rings is 1. The number of nitrogens with one attached hydrogen (secondary N) is 1. The molecule has 1 aromatic carbocycles. The van der Waals surface area contributed by atoms with E-state index in [9.17, 15) is 8.78 Å². The molecule has 2 fully saturated rings. The fraction of sp³-hybridized carbons (Fsp3) is 0.571. The average molecular weight is 252 g/mol. The van der Waals surface area contributed by atoms with E-state index in [1.807, 2.05) is 7.05 Å². The van der Waals surface area contributed by atoms with Gasteiger partial charge in [-0.1, -0.05) is 6.07 Å². The maximum absolute atomic E-state index is 13.9. The Morgan fingerprint density at radius 2 is 1.83 bits per heavy atom. The third kappa shape index (κ3) is 1.79. The summed E-state index contributed by atoms with van der Waals surface area (Å²) in [7, 11) is 1.97. The van der Waals surface area contributed by atoms with Crippen molar-refractivity contribution in [2.45, 2.75) is 43.8 Å². The zero-order valence-electron chi connectivity index (χ0n) is 10.5. The zero-order chi connectivity index (χ0) is 12.7. The Morgan fingerprint density at radius 1 is 1.17 bits per heavy atom. The van der Waals surface area contributed by atoms with Gasteiger partial charge in [-0.2, -0.15) is 0 Å². The third-order valence-electron chi connectivity index (χ3n) is 4.35. The second-order valence-corrected chi connectivity index (χ2v) is 5.32. The normalized spacial score (nSPS) is 30.8. The van der Waals surface area contributed by atoms with E-state index in [1.54, 1.807) is 12.1 Å². The first-order valence-electron chi connectivity index (χ1n) is 6.60. The summed E-state index contributed by atoms with van der Waals surface area (Å²) >= 11 is 0. The van der Waals surface area contributed by atoms with Gasteiger partial charge in [0.15, 0.2) is 11.6 Å². The van der Waals surface area contributed by atoms with Crippen LogP contribution in [0.2, 0.25) is 0 Å². The van der Waals surface area contributed by atoms with Crippen molar-refractivity contribution in [1.29, 1.82) is 0 Å². The van der Waals surface area contributed by atoms with Gasteiger partial charge < -0.3 is 10.2 Å². The summed E-state index contributed by atoms with van der Waals surface area (Å²) < 4.78 is 27.2. The van der Waals surface area contributed by atoms with Gasteiger partial charge in [-0.05, 0) is 44.9 Å². The number of fused-ring (bicyclic) bond motifs is 2. The Bertz CT molecular complexity index is 435. The first kappa shape index (κ1) is 11.9. The van der Waals surface area contributed by atoms with E-state index in [0.717, 1.165) is 25.7 Å². The Labute approximate surface area is 106 Å². The molecule has 0 aliphatic carbocycles. The average Bonchev–Trinajstić information content (AvgIpc) is 2.63. The first-order chi connectivity index (χ1) is 8.70. The highest BCUT2D eigenvalue weighted by Crippen LogP contribution is 2.40. The molecule has 2 heterocycles. The minimum Gasteiger partial charge on any atom is -0.363 e. The molecule has 2 saturated heterocycles. The van der Waals surface area contributed by atoms with Crippen LogP contribution >= 0.6 is 0 Å². The summed E-state index contributed by atoms with van der Waals surface area (Å²) in [6.45, 7) is 0. The van der Waals surface area contributed by atoms with Crippen LogP contribution in [0.4, 0.5) is 14.5 Å². The van der Waals surface area contributed by atoms with Gasteiger partial charge in [0.05, 0.1) is 5.69 Å². The highest BCUT2D eigenvalue weighted by Gasteiger charge is 2.41. The van der Waals surface area contributed by atoms with Crippen molar-refractivity contribution in [3.05, 3.63) is 29.8 Å². The number of halogens is 2. The Morgan fingerprint density at radius 3 is 2.44 bits per heavy atom. The van der Waals surface area contributed by atoms with Gasteiger partial charge in [-0.15, -0.1) is 0 Å². The lowest BCUT2D eigenvalue weighted by molar-refractivity contribution is 0.369. The van der Waals surface area contributed by atoms with Gasteiger partial charge in [-0.25, -0.2) is 8.78 Å². The molecule has 0 spiro atoms. The van der Waals surface area contributed by atoms with Crippen LogP contribution in [0.15, 0.2) is 18.2 Å². The highest BCUT2D eigenvalue weighted by atomic mass is 19.2. The summed E-state index contributed by atoms with van der Waals surface area (Å²) in [4.78, 5) is 2.10. The van der Waals surface area contributed by atoms with Crippen molar-refractivity contribution in [1.82, 2.24) is 5.32 Å². The molecule has 98 valence electrons. The first-order valence-corrected chi connectivity index (χ1v) is 6.60. The number of hydrogen-bond acceptors (Lipinski definition) is 2. The Hall–Kier alpha value is -1.16. The monoisotopic (exact) mass is 252 g/mol. The predicted molar refractivity (Wildman–Crippen MR) is 67.7 cm³/mol. The summed E-state index contributed by atoms with van der Waals surface area (Å²) in [5.41, 5.74) is 0.442. The summed E-state index contributed by atoms with van der Waals surface area (Å²) in [6, 6.07) is 5.67. The summed E-state index contributed by atoms with van der Waals surface area (Å²) in [5.74, 6) is -1.44. The number of anilines is 1. The van der Waals surface area contributed by atoms with E-state index < -0.39 is 11.6 Å². The number of hydrogen-bond donors (Lipinski definition) is 1. The molecule has 2 bridgehead atoms. The zero-order valence-corrected chi connectivity index (χ0v) is 10.5. The summed E-state index contributed by atoms with van der Waals surface area (Å²) in [5, 5.41) is 3.31. The molecule has 2 unspecified atom stereocenters. The van der Waals surface area contributed by atoms with Crippen LogP contribution in [0.1, 0.15) is 25.7 Å². The van der Waals surface area contributed by atoms with Crippen molar-refractivity contribution in [2.24, 2.45) is 0 Å². The molecule has 0 radical (unpaired) electrons. The standard InChI is InChI=1S/C14H18F2N2/c1-17-9-7-10-5-6-11(8-9)18(10)13-4-2-3-12(15)14(13)16/h2-4,9-11,17H,5-8H2,1H3. The second-order valence-electron chi connectivity index (χ2n) is 5.32. The van der Waals surface area contributed by atoms with Gasteiger partial charge in [0.2, 0.25) is 0 Å². The number of benzene rings is 1. The van der Waals surface area contributed by atoms with Crippen LogP contribution in [0.3, 0.4) is 0 Å². The third-order valence-corrected chi connectivity index (χ3v) is 4.35. The van der Waals surface area contributed by atoms with Gasteiger partial charge >= 0.3 is 0 Å². The molecule has 1 N–H and O–H groups in total. The Balaban J connectivity index is 1.92. The van der Waals surface area contributed by atoms with E-state index >= 15 is 0 Å². The molecule has 2 atom stereocenters. The molecule has 4 heteroatoms.